The van der Waals surface area contributed by atoms with E-state index in [-0.39, 0.29) is 0 Å². The van der Waals surface area contributed by atoms with Crippen molar-refractivity contribution in [3.8, 4) is 0 Å². The monoisotopic (exact) mass is 289 g/mol. The molecular formula is H5MoNO9Si. The first-order chi connectivity index (χ1) is 5.15. The zero-order valence-corrected chi connectivity index (χ0v) is 8.23. The fourth-order valence-electron chi connectivity index (χ4n) is 0. The minimum atomic E-state index is -5.52. The number of nitrogens with zero attached hydrogens (tertiary/aromatic N) is 1. The first-order valence-electron chi connectivity index (χ1n) is 1.73. The molecule has 0 bridgehead atoms. The van der Waals surface area contributed by atoms with Crippen molar-refractivity contribution in [1.29, 1.82) is 0 Å². The van der Waals surface area contributed by atoms with Crippen LogP contribution in [0.25, 0.3) is 0 Å². The molecule has 0 aliphatic heterocycles. The summed E-state index contributed by atoms with van der Waals surface area (Å²) in [6, 6.07) is 0. The molecule has 0 saturated heterocycles. The summed E-state index contributed by atoms with van der Waals surface area (Å²) in [5, 5.41) is 7.89. The van der Waals surface area contributed by atoms with Gasteiger partial charge >= 0.3 is 40.2 Å². The van der Waals surface area contributed by atoms with Gasteiger partial charge in [-0.25, -0.2) is 0 Å². The third-order valence-corrected chi connectivity index (χ3v) is 0. The van der Waals surface area contributed by atoms with Crippen LogP contribution in [0.5, 0.6) is 0 Å². The predicted octanol–water partition coefficient (Wildman–Crippen LogP) is -2.83. The Bertz CT molecular complexity index is 191. The van der Waals surface area contributed by atoms with Gasteiger partial charge in [0.1, 0.15) is 0 Å². The number of rotatable bonds is 0. The molecule has 12 heavy (non-hydrogen) atoms. The van der Waals surface area contributed by atoms with Crippen molar-refractivity contribution in [2.45, 2.75) is 0 Å². The van der Waals surface area contributed by atoms with Gasteiger partial charge < -0.3 is 14.8 Å². The average molecular weight is 287 g/mol. The van der Waals surface area contributed by atoms with E-state index in [9.17, 15) is 0 Å². The maximum atomic E-state index is 8.85. The van der Waals surface area contributed by atoms with Crippen molar-refractivity contribution in [1.82, 2.24) is 0 Å². The van der Waals surface area contributed by atoms with E-state index < -0.39 is 25.9 Å². The van der Waals surface area contributed by atoms with Crippen molar-refractivity contribution in [3.63, 3.8) is 0 Å². The second-order valence-corrected chi connectivity index (χ2v) is 3.58. The molecule has 0 spiro atoms. The summed E-state index contributed by atoms with van der Waals surface area (Å²) in [6.45, 7) is 0. The SMILES string of the molecule is O=NO.O=[Si](O)O.[O]=[Mo](=[O])([OH])[OH]. The van der Waals surface area contributed by atoms with Gasteiger partial charge in [0.05, 0.1) is 0 Å². The fourth-order valence-corrected chi connectivity index (χ4v) is 0. The molecule has 0 atom stereocenters. The van der Waals surface area contributed by atoms with Gasteiger partial charge in [-0.05, 0) is 0 Å². The third-order valence-electron chi connectivity index (χ3n) is 0. The number of hydrogen-bond donors (Lipinski definition) is 5. The molecule has 0 radical (unpaired) electrons. The summed E-state index contributed by atoms with van der Waals surface area (Å²) in [5.41, 5.74) is 0. The second-order valence-electron chi connectivity index (χ2n) is 0.812. The topological polar surface area (TPSA) is 182 Å². The molecular weight excluding hydrogens is 282 g/mol. The molecule has 0 saturated carbocycles. The molecule has 74 valence electrons. The summed E-state index contributed by atoms with van der Waals surface area (Å²) in [5.74, 6) is 0. The first-order valence-corrected chi connectivity index (χ1v) is 6.47. The van der Waals surface area contributed by atoms with Gasteiger partial charge in [-0.2, -0.15) is 0 Å². The van der Waals surface area contributed by atoms with Gasteiger partial charge in [-0.3, -0.25) is 4.46 Å². The molecule has 0 aliphatic carbocycles. The normalized spacial score (nSPS) is 7.83. The van der Waals surface area contributed by atoms with Crippen LogP contribution in [0.3, 0.4) is 0 Å². The van der Waals surface area contributed by atoms with Crippen molar-refractivity contribution in [2.24, 2.45) is 5.34 Å². The minimum absolute atomic E-state index is 1.25. The molecule has 0 unspecified atom stereocenters. The van der Waals surface area contributed by atoms with E-state index in [2.05, 4.69) is 0 Å². The molecule has 0 aromatic heterocycles. The van der Waals surface area contributed by atoms with Crippen LogP contribution < -0.4 is 0 Å². The molecule has 0 fully saturated rings. The Morgan fingerprint density at radius 2 is 1.17 bits per heavy atom. The van der Waals surface area contributed by atoms with E-state index in [0.717, 1.165) is 0 Å². The fraction of sp³-hybridized carbons (Fsp3) is 0. The number of hydrogen-bond acceptors (Lipinski definition) is 5. The molecule has 0 heterocycles. The van der Waals surface area contributed by atoms with Crippen LogP contribution in [0.15, 0.2) is 5.34 Å². The van der Waals surface area contributed by atoms with Crippen LogP contribution in [0, 0.1) is 4.91 Å². The first kappa shape index (κ1) is 17.3. The predicted molar refractivity (Wildman–Crippen MR) is 24.3 cm³/mol. The zero-order valence-electron chi connectivity index (χ0n) is 5.22. The van der Waals surface area contributed by atoms with Gasteiger partial charge in [0, 0.05) is 0 Å². The van der Waals surface area contributed by atoms with Crippen molar-refractivity contribution in [2.75, 3.05) is 0 Å². The molecule has 12 heteroatoms. The van der Waals surface area contributed by atoms with Crippen LogP contribution in [0.2, 0.25) is 0 Å². The summed E-state index contributed by atoms with van der Waals surface area (Å²) >= 11 is -5.52. The van der Waals surface area contributed by atoms with Crippen molar-refractivity contribution < 1.29 is 50.3 Å². The summed E-state index contributed by atoms with van der Waals surface area (Å²) in [7, 11) is -3.13. The van der Waals surface area contributed by atoms with Crippen LogP contribution in [0.4, 0.5) is 0 Å². The van der Waals surface area contributed by atoms with Crippen molar-refractivity contribution in [3.05, 3.63) is 4.91 Å². The van der Waals surface area contributed by atoms with E-state index in [1.54, 1.807) is 0 Å². The van der Waals surface area contributed by atoms with Crippen LogP contribution >= 0.6 is 0 Å². The van der Waals surface area contributed by atoms with E-state index >= 15 is 0 Å². The summed E-state index contributed by atoms with van der Waals surface area (Å²) in [6.07, 6.45) is 0. The molecule has 5 N–H and O–H groups in total. The quantitative estimate of drug-likeness (QED) is 0.178. The van der Waals surface area contributed by atoms with Gasteiger partial charge in [-0.1, -0.05) is 0 Å². The maximum absolute atomic E-state index is 8.85. The Balaban J connectivity index is -0.000000105. The third kappa shape index (κ3) is 1040. The van der Waals surface area contributed by atoms with E-state index in [1.165, 1.54) is 5.34 Å². The van der Waals surface area contributed by atoms with Crippen LogP contribution in [-0.2, 0) is 28.0 Å². The molecule has 0 aromatic rings. The van der Waals surface area contributed by atoms with Crippen LogP contribution in [0.1, 0.15) is 0 Å². The second kappa shape index (κ2) is 10.2. The average Bonchev–Trinajstić information content (AvgIpc) is 1.56. The molecule has 0 aromatic carbocycles. The Hall–Kier alpha value is -0.775. The molecule has 10 nitrogen and oxygen atoms in total. The zero-order chi connectivity index (χ0) is 10.8. The van der Waals surface area contributed by atoms with Crippen LogP contribution in [-0.4, -0.2) is 31.5 Å². The van der Waals surface area contributed by atoms with E-state index in [1.807, 2.05) is 0 Å². The molecule has 0 amide bonds. The van der Waals surface area contributed by atoms with Gasteiger partial charge in [0.2, 0.25) is 0 Å². The Morgan fingerprint density at radius 3 is 1.17 bits per heavy atom. The Kier molecular flexibility index (Phi) is 14.8. The molecule has 0 aliphatic rings. The Morgan fingerprint density at radius 1 is 1.17 bits per heavy atom. The van der Waals surface area contributed by atoms with Gasteiger partial charge in [0.15, 0.2) is 5.34 Å². The standard InChI is InChI=1S/Mo.HNO2.H2O3Si.2H2O.2O/c;2-1-3;1-4(2)3;;;;/h;(H,2,3);1-2H;2*1H2;;/q+2;;;;;;/p-2. The van der Waals surface area contributed by atoms with E-state index in [4.69, 9.17) is 38.5 Å². The molecule has 0 rings (SSSR count). The van der Waals surface area contributed by atoms with Crippen molar-refractivity contribution >= 4 is 9.17 Å². The Labute approximate surface area is 70.3 Å². The van der Waals surface area contributed by atoms with Gasteiger partial charge in [0.25, 0.3) is 0 Å². The van der Waals surface area contributed by atoms with Gasteiger partial charge in [-0.15, -0.1) is 4.91 Å². The summed E-state index contributed by atoms with van der Waals surface area (Å²) < 4.78 is 40.8. The summed E-state index contributed by atoms with van der Waals surface area (Å²) in [4.78, 5) is 22.4. The van der Waals surface area contributed by atoms with E-state index in [0.29, 0.717) is 0 Å².